The fourth-order valence-corrected chi connectivity index (χ4v) is 5.57. The number of carboxylic acids is 1. The van der Waals surface area contributed by atoms with E-state index in [4.69, 9.17) is 4.74 Å². The van der Waals surface area contributed by atoms with Crippen molar-refractivity contribution in [2.45, 2.75) is 45.4 Å². The topological polar surface area (TPSA) is 128 Å². The van der Waals surface area contributed by atoms with Crippen LogP contribution in [-0.2, 0) is 20.8 Å². The Morgan fingerprint density at radius 3 is 2.27 bits per heavy atom. The first kappa shape index (κ1) is 28.9. The lowest BCUT2D eigenvalue weighted by molar-refractivity contribution is -0.152. The molecule has 1 saturated carbocycles. The van der Waals surface area contributed by atoms with Gasteiger partial charge in [0.15, 0.2) is 0 Å². The summed E-state index contributed by atoms with van der Waals surface area (Å²) in [7, 11) is 1.51. The minimum atomic E-state index is -0.895. The van der Waals surface area contributed by atoms with Crippen LogP contribution in [0.2, 0.25) is 0 Å². The maximum absolute atomic E-state index is 13.2. The first-order chi connectivity index (χ1) is 19.3. The molecule has 0 bridgehead atoms. The lowest BCUT2D eigenvalue weighted by atomic mass is 9.78. The third-order valence-corrected chi connectivity index (χ3v) is 7.82. The minimum Gasteiger partial charge on any atom is -0.495 e. The number of carbonyl (C=O) groups is 4. The molecule has 40 heavy (non-hydrogen) atoms. The molecule has 214 valence electrons. The number of hydrogen-bond acceptors (Lipinski definition) is 5. The van der Waals surface area contributed by atoms with E-state index in [2.05, 4.69) is 10.6 Å². The first-order valence-electron chi connectivity index (χ1n) is 13.9. The SMILES string of the molecule is COc1cc(CC(=O)N2CCCN(C(=O)C3CCCCC3C(=O)O)CC2)ccc1NC(=O)Nc1ccccc1C. The molecule has 2 fully saturated rings. The number of ether oxygens (including phenoxy) is 1. The molecule has 10 nitrogen and oxygen atoms in total. The van der Waals surface area contributed by atoms with Crippen LogP contribution < -0.4 is 15.4 Å². The van der Waals surface area contributed by atoms with Crippen LogP contribution in [0.3, 0.4) is 0 Å². The summed E-state index contributed by atoms with van der Waals surface area (Å²) in [4.78, 5) is 54.1. The van der Waals surface area contributed by atoms with Crippen LogP contribution in [0.15, 0.2) is 42.5 Å². The molecule has 1 saturated heterocycles. The molecule has 2 aliphatic rings. The molecule has 10 heteroatoms. The molecule has 4 amide bonds. The minimum absolute atomic E-state index is 0.0598. The molecule has 4 rings (SSSR count). The van der Waals surface area contributed by atoms with Crippen LogP contribution in [0, 0.1) is 18.8 Å². The second-order valence-corrected chi connectivity index (χ2v) is 10.5. The first-order valence-corrected chi connectivity index (χ1v) is 13.9. The molecule has 2 aromatic carbocycles. The Morgan fingerprint density at radius 2 is 1.55 bits per heavy atom. The number of aryl methyl sites for hydroxylation is 1. The van der Waals surface area contributed by atoms with E-state index < -0.39 is 23.8 Å². The summed E-state index contributed by atoms with van der Waals surface area (Å²) in [6, 6.07) is 12.3. The molecule has 2 aromatic rings. The van der Waals surface area contributed by atoms with Crippen molar-refractivity contribution in [2.24, 2.45) is 11.8 Å². The third kappa shape index (κ3) is 7.11. The summed E-state index contributed by atoms with van der Waals surface area (Å²) in [6.07, 6.45) is 3.65. The van der Waals surface area contributed by atoms with Crippen molar-refractivity contribution in [3.05, 3.63) is 53.6 Å². The quantitative estimate of drug-likeness (QED) is 0.475. The number of aliphatic carboxylic acids is 1. The van der Waals surface area contributed by atoms with Gasteiger partial charge in [0.2, 0.25) is 11.8 Å². The standard InChI is InChI=1S/C30H38N4O6/c1-20-8-3-6-11-24(20)31-30(39)32-25-13-12-21(18-26(25)40-2)19-27(35)33-14-7-15-34(17-16-33)28(36)22-9-4-5-10-23(22)29(37)38/h3,6,8,11-13,18,22-23H,4-5,7,9-10,14-17,19H2,1-2H3,(H,37,38)(H2,31,32,39). The van der Waals surface area contributed by atoms with E-state index in [1.165, 1.54) is 7.11 Å². The molecular formula is C30H38N4O6. The van der Waals surface area contributed by atoms with Crippen molar-refractivity contribution in [3.8, 4) is 5.75 Å². The van der Waals surface area contributed by atoms with Crippen LogP contribution in [-0.4, -0.2) is 72.0 Å². The number of para-hydroxylation sites is 1. The highest BCUT2D eigenvalue weighted by Crippen LogP contribution is 2.32. The summed E-state index contributed by atoms with van der Waals surface area (Å²) in [5, 5.41) is 15.2. The molecule has 0 spiro atoms. The van der Waals surface area contributed by atoms with Gasteiger partial charge in [-0.25, -0.2) is 4.79 Å². The van der Waals surface area contributed by atoms with Crippen LogP contribution in [0.5, 0.6) is 5.75 Å². The second kappa shape index (κ2) is 13.3. The van der Waals surface area contributed by atoms with Crippen LogP contribution in [0.1, 0.15) is 43.2 Å². The smallest absolute Gasteiger partial charge is 0.323 e. The zero-order valence-electron chi connectivity index (χ0n) is 23.2. The zero-order valence-corrected chi connectivity index (χ0v) is 23.2. The van der Waals surface area contributed by atoms with Gasteiger partial charge in [-0.05, 0) is 55.5 Å². The van der Waals surface area contributed by atoms with Gasteiger partial charge in [0.1, 0.15) is 5.75 Å². The summed E-state index contributed by atoms with van der Waals surface area (Å²) >= 11 is 0. The van der Waals surface area contributed by atoms with Gasteiger partial charge in [0.05, 0.1) is 31.1 Å². The van der Waals surface area contributed by atoms with E-state index in [1.807, 2.05) is 31.2 Å². The maximum atomic E-state index is 13.2. The van der Waals surface area contributed by atoms with Crippen molar-refractivity contribution >= 4 is 35.2 Å². The van der Waals surface area contributed by atoms with Gasteiger partial charge < -0.3 is 30.3 Å². The Hall–Kier alpha value is -4.08. The average molecular weight is 551 g/mol. The highest BCUT2D eigenvalue weighted by atomic mass is 16.5. The highest BCUT2D eigenvalue weighted by Gasteiger charge is 2.38. The molecule has 3 N–H and O–H groups in total. The number of anilines is 2. The predicted molar refractivity (Wildman–Crippen MR) is 151 cm³/mol. The van der Waals surface area contributed by atoms with E-state index in [9.17, 15) is 24.3 Å². The van der Waals surface area contributed by atoms with Crippen LogP contribution >= 0.6 is 0 Å². The van der Waals surface area contributed by atoms with Gasteiger partial charge in [-0.1, -0.05) is 37.1 Å². The number of benzene rings is 2. The largest absolute Gasteiger partial charge is 0.495 e. The van der Waals surface area contributed by atoms with E-state index >= 15 is 0 Å². The molecule has 1 aliphatic heterocycles. The zero-order chi connectivity index (χ0) is 28.6. The van der Waals surface area contributed by atoms with Crippen LogP contribution in [0.4, 0.5) is 16.2 Å². The summed E-state index contributed by atoms with van der Waals surface area (Å²) in [5.41, 5.74) is 2.88. The molecule has 2 unspecified atom stereocenters. The van der Waals surface area contributed by atoms with Crippen molar-refractivity contribution in [1.29, 1.82) is 0 Å². The third-order valence-electron chi connectivity index (χ3n) is 7.82. The highest BCUT2D eigenvalue weighted by molar-refractivity contribution is 6.01. The molecule has 1 heterocycles. The van der Waals surface area contributed by atoms with Crippen molar-refractivity contribution < 1.29 is 29.0 Å². The lowest BCUT2D eigenvalue weighted by Crippen LogP contribution is -2.44. The number of carboxylic acid groups (broad SMARTS) is 1. The molecule has 1 aliphatic carbocycles. The number of rotatable bonds is 7. The van der Waals surface area contributed by atoms with Gasteiger partial charge in [0.25, 0.3) is 0 Å². The van der Waals surface area contributed by atoms with Crippen molar-refractivity contribution in [1.82, 2.24) is 9.80 Å². The van der Waals surface area contributed by atoms with E-state index in [0.717, 1.165) is 24.0 Å². The Morgan fingerprint density at radius 1 is 0.875 bits per heavy atom. The monoisotopic (exact) mass is 550 g/mol. The van der Waals surface area contributed by atoms with E-state index in [0.29, 0.717) is 62.6 Å². The molecular weight excluding hydrogens is 512 g/mol. The predicted octanol–water partition coefficient (Wildman–Crippen LogP) is 4.14. The average Bonchev–Trinajstić information content (AvgIpc) is 3.21. The van der Waals surface area contributed by atoms with Crippen molar-refractivity contribution in [3.63, 3.8) is 0 Å². The van der Waals surface area contributed by atoms with Crippen LogP contribution in [0.25, 0.3) is 0 Å². The Balaban J connectivity index is 1.33. The van der Waals surface area contributed by atoms with Gasteiger partial charge in [-0.15, -0.1) is 0 Å². The number of urea groups is 1. The molecule has 0 aromatic heterocycles. The summed E-state index contributed by atoms with van der Waals surface area (Å²) in [5.74, 6) is -1.71. The van der Waals surface area contributed by atoms with Crippen molar-refractivity contribution in [2.75, 3.05) is 43.9 Å². The number of hydrogen-bond donors (Lipinski definition) is 3. The lowest BCUT2D eigenvalue weighted by Gasteiger charge is -2.32. The Labute approximate surface area is 234 Å². The Kier molecular flexibility index (Phi) is 9.63. The van der Waals surface area contributed by atoms with E-state index in [-0.39, 0.29) is 18.2 Å². The molecule has 0 radical (unpaired) electrons. The number of amides is 4. The maximum Gasteiger partial charge on any atom is 0.323 e. The van der Waals surface area contributed by atoms with Gasteiger partial charge in [0, 0.05) is 31.9 Å². The van der Waals surface area contributed by atoms with Gasteiger partial charge in [-0.3, -0.25) is 14.4 Å². The number of nitrogens with one attached hydrogen (secondary N) is 2. The molecule has 2 atom stereocenters. The normalized spacial score (nSPS) is 19.4. The second-order valence-electron chi connectivity index (χ2n) is 10.5. The summed E-state index contributed by atoms with van der Waals surface area (Å²) < 4.78 is 5.48. The van der Waals surface area contributed by atoms with E-state index in [1.54, 1.807) is 28.0 Å². The number of carbonyl (C=O) groups excluding carboxylic acids is 3. The fourth-order valence-electron chi connectivity index (χ4n) is 5.57. The summed E-state index contributed by atoms with van der Waals surface area (Å²) in [6.45, 7) is 3.77. The fraction of sp³-hybridized carbons (Fsp3) is 0.467. The number of methoxy groups -OCH3 is 1. The van der Waals surface area contributed by atoms with Gasteiger partial charge >= 0.3 is 12.0 Å². The Bertz CT molecular complexity index is 1250. The van der Waals surface area contributed by atoms with Gasteiger partial charge in [-0.2, -0.15) is 0 Å². The number of nitrogens with zero attached hydrogens (tertiary/aromatic N) is 2.